The fraction of sp³-hybridized carbons (Fsp3) is 0.632. The molecule has 2 bridgehead atoms. The maximum Gasteiger partial charge on any atom is 0.261 e. The number of carbonyl (C=O) groups excluding carboxylic acids is 1. The monoisotopic (exact) mass is 334 g/mol. The van der Waals surface area contributed by atoms with Gasteiger partial charge in [-0.3, -0.25) is 4.79 Å². The quantitative estimate of drug-likeness (QED) is 0.870. The number of hydrogen-bond acceptors (Lipinski definition) is 3. The lowest BCUT2D eigenvalue weighted by Crippen LogP contribution is -2.56. The van der Waals surface area contributed by atoms with Crippen molar-refractivity contribution in [2.24, 2.45) is 17.6 Å². The maximum absolute atomic E-state index is 13.8. The Morgan fingerprint density at radius 2 is 2.00 bits per heavy atom. The van der Waals surface area contributed by atoms with Gasteiger partial charge < -0.3 is 15.8 Å². The van der Waals surface area contributed by atoms with Gasteiger partial charge in [-0.25, -0.2) is 4.39 Å². The number of carbonyl (C=O) groups is 1. The number of benzene rings is 1. The van der Waals surface area contributed by atoms with Crippen LogP contribution < -0.4 is 15.8 Å². The molecule has 4 nitrogen and oxygen atoms in total. The van der Waals surface area contributed by atoms with Gasteiger partial charge in [0.15, 0.2) is 17.7 Å². The lowest BCUT2D eigenvalue weighted by atomic mass is 9.67. The lowest BCUT2D eigenvalue weighted by molar-refractivity contribution is -0.130. The van der Waals surface area contributed by atoms with E-state index in [0.717, 1.165) is 25.7 Å². The van der Waals surface area contributed by atoms with Crippen LogP contribution in [0.4, 0.5) is 4.39 Å². The number of halogens is 1. The molecule has 0 aromatic heterocycles. The first-order valence-corrected chi connectivity index (χ1v) is 9.05. The summed E-state index contributed by atoms with van der Waals surface area (Å²) in [7, 11) is 0. The van der Waals surface area contributed by atoms with Crippen molar-refractivity contribution in [2.45, 2.75) is 63.6 Å². The Labute approximate surface area is 142 Å². The van der Waals surface area contributed by atoms with Gasteiger partial charge in [0.05, 0.1) is 0 Å². The molecule has 2 fully saturated rings. The fourth-order valence-corrected chi connectivity index (χ4v) is 4.30. The summed E-state index contributed by atoms with van der Waals surface area (Å²) in [4.78, 5) is 12.7. The van der Waals surface area contributed by atoms with Gasteiger partial charge >= 0.3 is 0 Å². The summed E-state index contributed by atoms with van der Waals surface area (Å²) in [5.74, 6) is 0.470. The fourth-order valence-electron chi connectivity index (χ4n) is 4.30. The van der Waals surface area contributed by atoms with Gasteiger partial charge in [-0.15, -0.1) is 0 Å². The second-order valence-corrected chi connectivity index (χ2v) is 7.16. The first-order chi connectivity index (χ1) is 11.6. The summed E-state index contributed by atoms with van der Waals surface area (Å²) in [5, 5.41) is 3.19. The van der Waals surface area contributed by atoms with Crippen molar-refractivity contribution in [3.63, 3.8) is 0 Å². The number of rotatable bonds is 5. The SMILES string of the molecule is CCC(Oc1ccccc1F)C(=O)NC1C2CCCC1CC(N)C2. The van der Waals surface area contributed by atoms with E-state index < -0.39 is 11.9 Å². The van der Waals surface area contributed by atoms with Crippen LogP contribution in [0.25, 0.3) is 0 Å². The Bertz CT molecular complexity index is 566. The third kappa shape index (κ3) is 3.72. The van der Waals surface area contributed by atoms with E-state index in [1.54, 1.807) is 18.2 Å². The third-order valence-electron chi connectivity index (χ3n) is 5.45. The molecule has 5 heteroatoms. The molecular weight excluding hydrogens is 307 g/mol. The Balaban J connectivity index is 1.65. The molecule has 3 rings (SSSR count). The standard InChI is InChI=1S/C19H27FN2O2/c1-2-16(24-17-9-4-3-8-15(17)20)19(23)22-18-12-6-5-7-13(18)11-14(21)10-12/h3-4,8-9,12-14,16,18H,2,5-7,10-11,21H2,1H3,(H,22,23). The molecular formula is C19H27FN2O2. The average molecular weight is 334 g/mol. The molecule has 2 aliphatic carbocycles. The lowest BCUT2D eigenvalue weighted by Gasteiger charge is -2.45. The highest BCUT2D eigenvalue weighted by Crippen LogP contribution is 2.39. The minimum atomic E-state index is -0.668. The number of nitrogens with one attached hydrogen (secondary N) is 1. The van der Waals surface area contributed by atoms with Gasteiger partial charge in [0.2, 0.25) is 0 Å². The molecule has 0 heterocycles. The third-order valence-corrected chi connectivity index (χ3v) is 5.45. The smallest absolute Gasteiger partial charge is 0.261 e. The highest BCUT2D eigenvalue weighted by Gasteiger charge is 2.40. The topological polar surface area (TPSA) is 64.3 Å². The predicted octanol–water partition coefficient (Wildman–Crippen LogP) is 3.01. The van der Waals surface area contributed by atoms with Crippen molar-refractivity contribution in [2.75, 3.05) is 0 Å². The minimum absolute atomic E-state index is 0.130. The molecule has 132 valence electrons. The number of fused-ring (bicyclic) bond motifs is 2. The van der Waals surface area contributed by atoms with E-state index in [1.807, 2.05) is 6.92 Å². The average Bonchev–Trinajstić information content (AvgIpc) is 2.55. The first kappa shape index (κ1) is 17.2. The molecule has 3 N–H and O–H groups in total. The van der Waals surface area contributed by atoms with Crippen molar-refractivity contribution in [1.29, 1.82) is 0 Å². The van der Waals surface area contributed by atoms with Crippen LogP contribution >= 0.6 is 0 Å². The normalized spacial score (nSPS) is 30.5. The number of hydrogen-bond donors (Lipinski definition) is 2. The zero-order valence-corrected chi connectivity index (χ0v) is 14.2. The zero-order valence-electron chi connectivity index (χ0n) is 14.2. The maximum atomic E-state index is 13.8. The van der Waals surface area contributed by atoms with Crippen molar-refractivity contribution >= 4 is 5.91 Å². The Morgan fingerprint density at radius 3 is 2.62 bits per heavy atom. The van der Waals surface area contributed by atoms with Gasteiger partial charge in [0.1, 0.15) is 0 Å². The summed E-state index contributed by atoms with van der Waals surface area (Å²) in [6, 6.07) is 6.65. The van der Waals surface area contributed by atoms with Gasteiger partial charge in [-0.1, -0.05) is 25.5 Å². The summed E-state index contributed by atoms with van der Waals surface area (Å²) in [5.41, 5.74) is 6.14. The van der Waals surface area contributed by atoms with Gasteiger partial charge in [0.25, 0.3) is 5.91 Å². The van der Waals surface area contributed by atoms with Crippen molar-refractivity contribution in [3.8, 4) is 5.75 Å². The van der Waals surface area contributed by atoms with Crippen LogP contribution in [0.5, 0.6) is 5.75 Å². The van der Waals surface area contributed by atoms with Crippen molar-refractivity contribution in [1.82, 2.24) is 5.32 Å². The minimum Gasteiger partial charge on any atom is -0.478 e. The second kappa shape index (κ2) is 7.51. The molecule has 0 saturated heterocycles. The van der Waals surface area contributed by atoms with Crippen LogP contribution in [0.15, 0.2) is 24.3 Å². The van der Waals surface area contributed by atoms with Crippen LogP contribution in [0, 0.1) is 17.7 Å². The molecule has 1 aromatic rings. The molecule has 2 aliphatic rings. The molecule has 1 amide bonds. The van der Waals surface area contributed by atoms with E-state index in [-0.39, 0.29) is 23.7 Å². The van der Waals surface area contributed by atoms with Crippen LogP contribution in [-0.2, 0) is 4.79 Å². The van der Waals surface area contributed by atoms with E-state index in [1.165, 1.54) is 12.5 Å². The van der Waals surface area contributed by atoms with Crippen LogP contribution in [-0.4, -0.2) is 24.1 Å². The molecule has 2 saturated carbocycles. The van der Waals surface area contributed by atoms with Crippen molar-refractivity contribution in [3.05, 3.63) is 30.1 Å². The van der Waals surface area contributed by atoms with Crippen LogP contribution in [0.3, 0.4) is 0 Å². The number of nitrogens with two attached hydrogens (primary N) is 1. The van der Waals surface area contributed by atoms with Crippen LogP contribution in [0.1, 0.15) is 45.4 Å². The summed E-state index contributed by atoms with van der Waals surface area (Å²) in [6.45, 7) is 1.88. The van der Waals surface area contributed by atoms with Gasteiger partial charge in [0, 0.05) is 12.1 Å². The Kier molecular flexibility index (Phi) is 5.39. The van der Waals surface area contributed by atoms with Crippen LogP contribution in [0.2, 0.25) is 0 Å². The van der Waals surface area contributed by atoms with Gasteiger partial charge in [-0.05, 0) is 56.1 Å². The van der Waals surface area contributed by atoms with E-state index in [2.05, 4.69) is 5.32 Å². The second-order valence-electron chi connectivity index (χ2n) is 7.16. The summed E-state index contributed by atoms with van der Waals surface area (Å²) in [6.07, 6.45) is 5.26. The number of ether oxygens (including phenoxy) is 1. The molecule has 0 aliphatic heterocycles. The molecule has 24 heavy (non-hydrogen) atoms. The van der Waals surface area contributed by atoms with Gasteiger partial charge in [-0.2, -0.15) is 0 Å². The molecule has 3 unspecified atom stereocenters. The van der Waals surface area contributed by atoms with E-state index in [4.69, 9.17) is 10.5 Å². The zero-order chi connectivity index (χ0) is 17.1. The highest BCUT2D eigenvalue weighted by molar-refractivity contribution is 5.81. The van der Waals surface area contributed by atoms with E-state index >= 15 is 0 Å². The number of para-hydroxylation sites is 1. The van der Waals surface area contributed by atoms with E-state index in [9.17, 15) is 9.18 Å². The summed E-state index contributed by atoms with van der Waals surface area (Å²) < 4.78 is 19.4. The highest BCUT2D eigenvalue weighted by atomic mass is 19.1. The Morgan fingerprint density at radius 1 is 1.33 bits per heavy atom. The van der Waals surface area contributed by atoms with Crippen molar-refractivity contribution < 1.29 is 13.9 Å². The summed E-state index contributed by atoms with van der Waals surface area (Å²) >= 11 is 0. The molecule has 0 spiro atoms. The molecule has 0 radical (unpaired) electrons. The largest absolute Gasteiger partial charge is 0.478 e. The Hall–Kier alpha value is -1.62. The molecule has 1 aromatic carbocycles. The number of amides is 1. The molecule has 3 atom stereocenters. The predicted molar refractivity (Wildman–Crippen MR) is 91.1 cm³/mol. The van der Waals surface area contributed by atoms with E-state index in [0.29, 0.717) is 18.3 Å². The first-order valence-electron chi connectivity index (χ1n) is 9.05.